The van der Waals surface area contributed by atoms with Gasteiger partial charge in [-0.1, -0.05) is 6.07 Å². The van der Waals surface area contributed by atoms with Crippen molar-refractivity contribution in [1.29, 1.82) is 0 Å². The lowest BCUT2D eigenvalue weighted by molar-refractivity contribution is -0.115. The van der Waals surface area contributed by atoms with Gasteiger partial charge >= 0.3 is 6.03 Å². The standard InChI is InChI=1S/C12H13N3O3/c1-18-10-4-2-3-8(5-10)14-12(17)15-9-6-11(16)13-7-9/h2-6H,7H2,1H3,(H,13,16)(H2,14,15,17). The van der Waals surface area contributed by atoms with E-state index in [1.54, 1.807) is 31.4 Å². The number of carbonyl (C=O) groups excluding carboxylic acids is 2. The van der Waals surface area contributed by atoms with Crippen LogP contribution in [0.2, 0.25) is 0 Å². The molecule has 0 aromatic heterocycles. The molecule has 3 N–H and O–H groups in total. The molecular formula is C12H13N3O3. The highest BCUT2D eigenvalue weighted by molar-refractivity contribution is 5.95. The average Bonchev–Trinajstić information content (AvgIpc) is 2.74. The Balaban J connectivity index is 1.94. The van der Waals surface area contributed by atoms with E-state index in [2.05, 4.69) is 16.0 Å². The summed E-state index contributed by atoms with van der Waals surface area (Å²) in [6, 6.07) is 6.60. The fourth-order valence-corrected chi connectivity index (χ4v) is 1.53. The second-order valence-corrected chi connectivity index (χ2v) is 3.70. The molecule has 0 aliphatic carbocycles. The van der Waals surface area contributed by atoms with Crippen LogP contribution in [-0.4, -0.2) is 25.6 Å². The van der Waals surface area contributed by atoms with Gasteiger partial charge in [0.25, 0.3) is 0 Å². The third kappa shape index (κ3) is 3.00. The van der Waals surface area contributed by atoms with Crippen molar-refractivity contribution >= 4 is 17.6 Å². The molecule has 0 saturated carbocycles. The first-order valence-electron chi connectivity index (χ1n) is 5.38. The monoisotopic (exact) mass is 247 g/mol. The number of ether oxygens (including phenoxy) is 1. The summed E-state index contributed by atoms with van der Waals surface area (Å²) in [5, 5.41) is 7.79. The van der Waals surface area contributed by atoms with Gasteiger partial charge in [0.1, 0.15) is 5.75 Å². The van der Waals surface area contributed by atoms with Crippen molar-refractivity contribution in [2.45, 2.75) is 0 Å². The van der Waals surface area contributed by atoms with Crippen molar-refractivity contribution in [2.24, 2.45) is 0 Å². The molecule has 0 saturated heterocycles. The predicted molar refractivity (Wildman–Crippen MR) is 66.2 cm³/mol. The Morgan fingerprint density at radius 3 is 2.89 bits per heavy atom. The average molecular weight is 247 g/mol. The highest BCUT2D eigenvalue weighted by atomic mass is 16.5. The molecule has 0 fully saturated rings. The van der Waals surface area contributed by atoms with E-state index in [1.165, 1.54) is 6.08 Å². The lowest BCUT2D eigenvalue weighted by atomic mass is 10.3. The van der Waals surface area contributed by atoms with Crippen LogP contribution in [0.5, 0.6) is 5.75 Å². The molecule has 2 rings (SSSR count). The number of anilines is 1. The zero-order chi connectivity index (χ0) is 13.0. The number of methoxy groups -OCH3 is 1. The number of carbonyl (C=O) groups is 2. The fraction of sp³-hybridized carbons (Fsp3) is 0.167. The second kappa shape index (κ2) is 5.22. The van der Waals surface area contributed by atoms with Crippen molar-refractivity contribution in [1.82, 2.24) is 10.6 Å². The van der Waals surface area contributed by atoms with Gasteiger partial charge in [0, 0.05) is 23.5 Å². The zero-order valence-corrected chi connectivity index (χ0v) is 9.82. The van der Waals surface area contributed by atoms with Crippen LogP contribution >= 0.6 is 0 Å². The number of hydrogen-bond acceptors (Lipinski definition) is 3. The molecule has 1 aromatic carbocycles. The number of urea groups is 1. The molecule has 0 bridgehead atoms. The Hall–Kier alpha value is -2.50. The van der Waals surface area contributed by atoms with E-state index in [0.717, 1.165) is 0 Å². The Labute approximate surface area is 104 Å². The predicted octanol–water partition coefficient (Wildman–Crippen LogP) is 0.830. The highest BCUT2D eigenvalue weighted by Gasteiger charge is 2.13. The van der Waals surface area contributed by atoms with Gasteiger partial charge in [-0.05, 0) is 12.1 Å². The van der Waals surface area contributed by atoms with Crippen molar-refractivity contribution < 1.29 is 14.3 Å². The maximum atomic E-state index is 11.6. The smallest absolute Gasteiger partial charge is 0.323 e. The normalized spacial score (nSPS) is 13.6. The van der Waals surface area contributed by atoms with Crippen molar-refractivity contribution in [3.63, 3.8) is 0 Å². The SMILES string of the molecule is COc1cccc(NC(=O)NC2=CC(=O)NC2)c1. The van der Waals surface area contributed by atoms with Gasteiger partial charge in [-0.15, -0.1) is 0 Å². The van der Waals surface area contributed by atoms with Gasteiger partial charge in [0.05, 0.1) is 13.7 Å². The van der Waals surface area contributed by atoms with E-state index in [-0.39, 0.29) is 5.91 Å². The maximum Gasteiger partial charge on any atom is 0.323 e. The number of amides is 3. The van der Waals surface area contributed by atoms with Crippen molar-refractivity contribution in [3.05, 3.63) is 36.0 Å². The van der Waals surface area contributed by atoms with Gasteiger partial charge < -0.3 is 20.7 Å². The quantitative estimate of drug-likeness (QED) is 0.740. The summed E-state index contributed by atoms with van der Waals surface area (Å²) in [4.78, 5) is 22.5. The summed E-state index contributed by atoms with van der Waals surface area (Å²) < 4.78 is 5.05. The third-order valence-corrected chi connectivity index (χ3v) is 2.36. The van der Waals surface area contributed by atoms with Crippen LogP contribution < -0.4 is 20.7 Å². The van der Waals surface area contributed by atoms with E-state index < -0.39 is 6.03 Å². The van der Waals surface area contributed by atoms with E-state index in [9.17, 15) is 9.59 Å². The summed E-state index contributed by atoms with van der Waals surface area (Å²) in [6.45, 7) is 0.338. The van der Waals surface area contributed by atoms with Crippen LogP contribution in [0.15, 0.2) is 36.0 Å². The molecule has 0 atom stereocenters. The minimum absolute atomic E-state index is 0.202. The highest BCUT2D eigenvalue weighted by Crippen LogP contribution is 2.16. The molecule has 0 radical (unpaired) electrons. The van der Waals surface area contributed by atoms with Crippen molar-refractivity contribution in [2.75, 3.05) is 19.0 Å². The molecule has 18 heavy (non-hydrogen) atoms. The topological polar surface area (TPSA) is 79.5 Å². The van der Waals surface area contributed by atoms with E-state index >= 15 is 0 Å². The molecule has 1 aromatic rings. The summed E-state index contributed by atoms with van der Waals surface area (Å²) in [5.74, 6) is 0.455. The summed E-state index contributed by atoms with van der Waals surface area (Å²) in [7, 11) is 1.56. The lowest BCUT2D eigenvalue weighted by Gasteiger charge is -2.08. The molecule has 1 aliphatic rings. The largest absolute Gasteiger partial charge is 0.497 e. The Morgan fingerprint density at radius 1 is 1.39 bits per heavy atom. The zero-order valence-electron chi connectivity index (χ0n) is 9.82. The first-order chi connectivity index (χ1) is 8.67. The molecule has 0 spiro atoms. The molecule has 6 nitrogen and oxygen atoms in total. The van der Waals surface area contributed by atoms with Crippen LogP contribution in [0.3, 0.4) is 0 Å². The van der Waals surface area contributed by atoms with E-state index in [1.807, 2.05) is 0 Å². The summed E-state index contributed by atoms with van der Waals surface area (Å²) in [6.07, 6.45) is 1.35. The van der Waals surface area contributed by atoms with Gasteiger partial charge in [0.15, 0.2) is 0 Å². The van der Waals surface area contributed by atoms with Crippen LogP contribution in [0.25, 0.3) is 0 Å². The van der Waals surface area contributed by atoms with Crippen molar-refractivity contribution in [3.8, 4) is 5.75 Å². The molecule has 1 heterocycles. The van der Waals surface area contributed by atoms with Crippen LogP contribution in [0, 0.1) is 0 Å². The Bertz CT molecular complexity index is 511. The van der Waals surface area contributed by atoms with Crippen LogP contribution in [0.1, 0.15) is 0 Å². The van der Waals surface area contributed by atoms with Gasteiger partial charge in [0.2, 0.25) is 5.91 Å². The molecule has 6 heteroatoms. The molecule has 3 amide bonds. The molecule has 0 unspecified atom stereocenters. The Kier molecular flexibility index (Phi) is 3.47. The first-order valence-corrected chi connectivity index (χ1v) is 5.38. The number of rotatable bonds is 3. The second-order valence-electron chi connectivity index (χ2n) is 3.70. The third-order valence-electron chi connectivity index (χ3n) is 2.36. The number of hydrogen-bond donors (Lipinski definition) is 3. The summed E-state index contributed by atoms with van der Waals surface area (Å²) >= 11 is 0. The fourth-order valence-electron chi connectivity index (χ4n) is 1.53. The van der Waals surface area contributed by atoms with Gasteiger partial charge in [-0.2, -0.15) is 0 Å². The molecule has 94 valence electrons. The molecule has 1 aliphatic heterocycles. The van der Waals surface area contributed by atoms with E-state index in [4.69, 9.17) is 4.74 Å². The van der Waals surface area contributed by atoms with E-state index in [0.29, 0.717) is 23.7 Å². The minimum atomic E-state index is -0.397. The maximum absolute atomic E-state index is 11.6. The Morgan fingerprint density at radius 2 is 2.22 bits per heavy atom. The number of benzene rings is 1. The van der Waals surface area contributed by atoms with Gasteiger partial charge in [-0.3, -0.25) is 4.79 Å². The molecular weight excluding hydrogens is 234 g/mol. The van der Waals surface area contributed by atoms with Crippen LogP contribution in [-0.2, 0) is 4.79 Å². The minimum Gasteiger partial charge on any atom is -0.497 e. The number of nitrogens with one attached hydrogen (secondary N) is 3. The van der Waals surface area contributed by atoms with Crippen LogP contribution in [0.4, 0.5) is 10.5 Å². The first kappa shape index (κ1) is 12.0. The van der Waals surface area contributed by atoms with Gasteiger partial charge in [-0.25, -0.2) is 4.79 Å². The lowest BCUT2D eigenvalue weighted by Crippen LogP contribution is -2.30. The summed E-state index contributed by atoms with van der Waals surface area (Å²) in [5.41, 5.74) is 1.16.